The maximum absolute atomic E-state index is 11.8. The van der Waals surface area contributed by atoms with E-state index in [0.29, 0.717) is 17.1 Å². The summed E-state index contributed by atoms with van der Waals surface area (Å²) < 4.78 is 0. The Morgan fingerprint density at radius 1 is 1.11 bits per heavy atom. The van der Waals surface area contributed by atoms with Crippen molar-refractivity contribution in [2.24, 2.45) is 0 Å². The van der Waals surface area contributed by atoms with E-state index in [4.69, 9.17) is 11.6 Å². The predicted molar refractivity (Wildman–Crippen MR) is 75.6 cm³/mol. The number of para-hydroxylation sites is 1. The molecule has 0 aliphatic heterocycles. The summed E-state index contributed by atoms with van der Waals surface area (Å²) in [6, 6.07) is 14.0. The van der Waals surface area contributed by atoms with Crippen molar-refractivity contribution in [3.63, 3.8) is 0 Å². The number of hydrogen-bond donors (Lipinski definition) is 2. The summed E-state index contributed by atoms with van der Waals surface area (Å²) in [4.78, 5) is 11.8. The molecule has 3 nitrogen and oxygen atoms in total. The monoisotopic (exact) mass is 275 g/mol. The lowest BCUT2D eigenvalue weighted by atomic mass is 10.1. The number of carbonyl (C=O) groups is 1. The number of phenolic OH excluding ortho intramolecular Hbond substituents is 1. The predicted octanol–water partition coefficient (Wildman–Crippen LogP) is 3.02. The van der Waals surface area contributed by atoms with Gasteiger partial charge in [-0.05, 0) is 36.2 Å². The van der Waals surface area contributed by atoms with Gasteiger partial charge in [0.1, 0.15) is 5.75 Å². The molecular weight excluding hydrogens is 262 g/mol. The lowest BCUT2D eigenvalue weighted by Gasteiger charge is -2.06. The van der Waals surface area contributed by atoms with E-state index < -0.39 is 0 Å². The van der Waals surface area contributed by atoms with Crippen molar-refractivity contribution >= 4 is 17.5 Å². The fraction of sp³-hybridized carbons (Fsp3) is 0.133. The molecule has 0 fully saturated rings. The summed E-state index contributed by atoms with van der Waals surface area (Å²) in [5.74, 6) is -0.279. The molecule has 0 aliphatic carbocycles. The fourth-order valence-corrected chi connectivity index (χ4v) is 1.86. The second-order valence-electron chi connectivity index (χ2n) is 4.15. The topological polar surface area (TPSA) is 49.3 Å². The van der Waals surface area contributed by atoms with Gasteiger partial charge in [0.05, 0.1) is 5.56 Å². The third kappa shape index (κ3) is 3.73. The number of halogens is 1. The van der Waals surface area contributed by atoms with E-state index in [1.807, 2.05) is 24.3 Å². The Morgan fingerprint density at radius 3 is 2.47 bits per heavy atom. The minimum atomic E-state index is -0.271. The van der Waals surface area contributed by atoms with Crippen LogP contribution in [0, 0.1) is 0 Å². The Labute approximate surface area is 116 Å². The van der Waals surface area contributed by atoms with Gasteiger partial charge in [0.2, 0.25) is 0 Å². The van der Waals surface area contributed by atoms with Crippen LogP contribution in [0.5, 0.6) is 5.75 Å². The van der Waals surface area contributed by atoms with Gasteiger partial charge in [-0.1, -0.05) is 35.9 Å². The molecule has 2 N–H and O–H groups in total. The van der Waals surface area contributed by atoms with Crippen LogP contribution in [-0.2, 0) is 6.42 Å². The molecule has 2 rings (SSSR count). The van der Waals surface area contributed by atoms with E-state index in [0.717, 1.165) is 12.0 Å². The van der Waals surface area contributed by atoms with E-state index in [1.54, 1.807) is 18.2 Å². The van der Waals surface area contributed by atoms with Crippen LogP contribution < -0.4 is 5.32 Å². The van der Waals surface area contributed by atoms with Crippen LogP contribution in [0.4, 0.5) is 0 Å². The second kappa shape index (κ2) is 6.25. The van der Waals surface area contributed by atoms with Crippen LogP contribution in [0.25, 0.3) is 0 Å². The minimum Gasteiger partial charge on any atom is -0.507 e. The molecule has 0 saturated carbocycles. The molecule has 4 heteroatoms. The maximum atomic E-state index is 11.8. The maximum Gasteiger partial charge on any atom is 0.255 e. The summed E-state index contributed by atoms with van der Waals surface area (Å²) in [5, 5.41) is 13.0. The molecule has 0 heterocycles. The SMILES string of the molecule is O=C(NCCc1ccc(Cl)cc1)c1ccccc1O. The van der Waals surface area contributed by atoms with Gasteiger partial charge in [0.25, 0.3) is 5.91 Å². The number of aromatic hydroxyl groups is 1. The Kier molecular flexibility index (Phi) is 4.42. The highest BCUT2D eigenvalue weighted by molar-refractivity contribution is 6.30. The summed E-state index contributed by atoms with van der Waals surface area (Å²) >= 11 is 5.80. The van der Waals surface area contributed by atoms with Crippen LogP contribution in [0.2, 0.25) is 5.02 Å². The third-order valence-corrected chi connectivity index (χ3v) is 3.01. The lowest BCUT2D eigenvalue weighted by molar-refractivity contribution is 0.0951. The zero-order valence-electron chi connectivity index (χ0n) is 10.3. The van der Waals surface area contributed by atoms with Crippen molar-refractivity contribution in [1.82, 2.24) is 5.32 Å². The number of carbonyl (C=O) groups excluding carboxylic acids is 1. The average Bonchev–Trinajstić information content (AvgIpc) is 2.41. The van der Waals surface area contributed by atoms with Gasteiger partial charge >= 0.3 is 0 Å². The fourth-order valence-electron chi connectivity index (χ4n) is 1.73. The van der Waals surface area contributed by atoms with E-state index in [9.17, 15) is 9.90 Å². The first kappa shape index (κ1) is 13.4. The molecule has 19 heavy (non-hydrogen) atoms. The second-order valence-corrected chi connectivity index (χ2v) is 4.59. The van der Waals surface area contributed by atoms with Crippen LogP contribution in [0.1, 0.15) is 15.9 Å². The molecule has 0 aliphatic rings. The largest absolute Gasteiger partial charge is 0.507 e. The Balaban J connectivity index is 1.88. The van der Waals surface area contributed by atoms with Crippen LogP contribution >= 0.6 is 11.6 Å². The van der Waals surface area contributed by atoms with Gasteiger partial charge in [0.15, 0.2) is 0 Å². The highest BCUT2D eigenvalue weighted by Gasteiger charge is 2.08. The molecule has 0 atom stereocenters. The van der Waals surface area contributed by atoms with Crippen molar-refractivity contribution < 1.29 is 9.90 Å². The number of nitrogens with one attached hydrogen (secondary N) is 1. The molecule has 2 aromatic rings. The van der Waals surface area contributed by atoms with Gasteiger partial charge in [-0.15, -0.1) is 0 Å². The van der Waals surface area contributed by atoms with Gasteiger partial charge < -0.3 is 10.4 Å². The normalized spacial score (nSPS) is 10.2. The molecule has 0 unspecified atom stereocenters. The van der Waals surface area contributed by atoms with E-state index >= 15 is 0 Å². The molecule has 0 aromatic heterocycles. The smallest absolute Gasteiger partial charge is 0.255 e. The molecule has 0 radical (unpaired) electrons. The van der Waals surface area contributed by atoms with E-state index in [-0.39, 0.29) is 11.7 Å². The Hall–Kier alpha value is -2.00. The number of hydrogen-bond acceptors (Lipinski definition) is 2. The summed E-state index contributed by atoms with van der Waals surface area (Å²) in [5.41, 5.74) is 1.39. The van der Waals surface area contributed by atoms with E-state index in [1.165, 1.54) is 6.07 Å². The quantitative estimate of drug-likeness (QED) is 0.901. The highest BCUT2D eigenvalue weighted by atomic mass is 35.5. The molecule has 0 bridgehead atoms. The van der Waals surface area contributed by atoms with Gasteiger partial charge in [0, 0.05) is 11.6 Å². The van der Waals surface area contributed by atoms with E-state index in [2.05, 4.69) is 5.32 Å². The number of amides is 1. The molecule has 0 saturated heterocycles. The zero-order valence-corrected chi connectivity index (χ0v) is 11.0. The number of rotatable bonds is 4. The van der Waals surface area contributed by atoms with Gasteiger partial charge in [-0.2, -0.15) is 0 Å². The molecule has 2 aromatic carbocycles. The standard InChI is InChI=1S/C15H14ClNO2/c16-12-7-5-11(6-8-12)9-10-17-15(19)13-3-1-2-4-14(13)18/h1-8,18H,9-10H2,(H,17,19). The summed E-state index contributed by atoms with van der Waals surface area (Å²) in [7, 11) is 0. The Morgan fingerprint density at radius 2 is 1.79 bits per heavy atom. The summed E-state index contributed by atoms with van der Waals surface area (Å²) in [6.45, 7) is 0.509. The number of benzene rings is 2. The van der Waals surface area contributed by atoms with Crippen molar-refractivity contribution in [2.45, 2.75) is 6.42 Å². The van der Waals surface area contributed by atoms with Crippen molar-refractivity contribution in [3.8, 4) is 5.75 Å². The first-order chi connectivity index (χ1) is 9.16. The van der Waals surface area contributed by atoms with Gasteiger partial charge in [-0.25, -0.2) is 0 Å². The zero-order chi connectivity index (χ0) is 13.7. The summed E-state index contributed by atoms with van der Waals surface area (Å²) in [6.07, 6.45) is 0.719. The highest BCUT2D eigenvalue weighted by Crippen LogP contribution is 2.15. The molecule has 98 valence electrons. The average molecular weight is 276 g/mol. The molecule has 0 spiro atoms. The van der Waals surface area contributed by atoms with Crippen molar-refractivity contribution in [2.75, 3.05) is 6.54 Å². The van der Waals surface area contributed by atoms with Crippen LogP contribution in [0.15, 0.2) is 48.5 Å². The number of phenols is 1. The van der Waals surface area contributed by atoms with Crippen LogP contribution in [0.3, 0.4) is 0 Å². The van der Waals surface area contributed by atoms with Crippen molar-refractivity contribution in [3.05, 3.63) is 64.7 Å². The first-order valence-corrected chi connectivity index (χ1v) is 6.35. The molecule has 1 amide bonds. The van der Waals surface area contributed by atoms with Crippen LogP contribution in [-0.4, -0.2) is 17.6 Å². The minimum absolute atomic E-state index is 0.00788. The lowest BCUT2D eigenvalue weighted by Crippen LogP contribution is -2.25. The third-order valence-electron chi connectivity index (χ3n) is 2.76. The first-order valence-electron chi connectivity index (χ1n) is 5.97. The Bertz CT molecular complexity index is 567. The van der Waals surface area contributed by atoms with Crippen molar-refractivity contribution in [1.29, 1.82) is 0 Å². The van der Waals surface area contributed by atoms with Gasteiger partial charge in [-0.3, -0.25) is 4.79 Å². The molecular formula is C15H14ClNO2.